The predicted molar refractivity (Wildman–Crippen MR) is 81.9 cm³/mol. The van der Waals surface area contributed by atoms with E-state index in [2.05, 4.69) is 15.4 Å². The number of rotatable bonds is 2. The molecular weight excluding hydrogens is 321 g/mol. The van der Waals surface area contributed by atoms with Crippen LogP contribution in [0.5, 0.6) is 0 Å². The maximum absolute atomic E-state index is 13.0. The number of hydrogen-bond acceptors (Lipinski definition) is 3. The van der Waals surface area contributed by atoms with E-state index in [1.807, 2.05) is 0 Å². The molecule has 0 radical (unpaired) electrons. The Hall–Kier alpha value is -2.90. The lowest BCUT2D eigenvalue weighted by Gasteiger charge is -2.12. The van der Waals surface area contributed by atoms with E-state index in [1.165, 1.54) is 28.8 Å². The Morgan fingerprint density at radius 2 is 1.88 bits per heavy atom. The van der Waals surface area contributed by atoms with Crippen molar-refractivity contribution in [3.05, 3.63) is 59.0 Å². The standard InChI is InChI=1S/C16H13F3N4O/c1-9-7-10(2)23-14(20-9)8-13(22-23)15(24)21-12-6-4-3-5-11(12)16(17,18)19/h3-8H,1-2H3,(H,21,24). The molecule has 0 saturated carbocycles. The van der Waals surface area contributed by atoms with Crippen LogP contribution in [0.2, 0.25) is 0 Å². The Morgan fingerprint density at radius 3 is 2.58 bits per heavy atom. The Labute approximate surface area is 135 Å². The highest BCUT2D eigenvalue weighted by Crippen LogP contribution is 2.34. The van der Waals surface area contributed by atoms with E-state index in [4.69, 9.17) is 0 Å². The summed E-state index contributed by atoms with van der Waals surface area (Å²) in [6.07, 6.45) is -4.56. The molecule has 0 saturated heterocycles. The summed E-state index contributed by atoms with van der Waals surface area (Å²) in [5.41, 5.74) is 0.761. The van der Waals surface area contributed by atoms with Gasteiger partial charge in [0.1, 0.15) is 0 Å². The molecule has 5 nitrogen and oxygen atoms in total. The minimum absolute atomic E-state index is 0.00632. The first-order valence-electron chi connectivity index (χ1n) is 7.07. The number of aromatic nitrogens is 3. The largest absolute Gasteiger partial charge is 0.418 e. The van der Waals surface area contributed by atoms with Crippen molar-refractivity contribution in [3.63, 3.8) is 0 Å². The lowest BCUT2D eigenvalue weighted by atomic mass is 10.1. The topological polar surface area (TPSA) is 59.3 Å². The molecule has 0 aliphatic rings. The molecule has 0 spiro atoms. The SMILES string of the molecule is Cc1cc(C)n2nc(C(=O)Nc3ccccc3C(F)(F)F)cc2n1. The summed E-state index contributed by atoms with van der Waals surface area (Å²) < 4.78 is 40.4. The van der Waals surface area contributed by atoms with Gasteiger partial charge in [-0.3, -0.25) is 4.79 Å². The van der Waals surface area contributed by atoms with Crippen LogP contribution in [-0.2, 0) is 6.18 Å². The fraction of sp³-hybridized carbons (Fsp3) is 0.188. The number of anilines is 1. The molecule has 2 heterocycles. The van der Waals surface area contributed by atoms with Gasteiger partial charge in [-0.05, 0) is 32.0 Å². The number of halogens is 3. The fourth-order valence-corrected chi connectivity index (χ4v) is 2.42. The molecule has 124 valence electrons. The Balaban J connectivity index is 1.96. The monoisotopic (exact) mass is 334 g/mol. The maximum Gasteiger partial charge on any atom is 0.418 e. The molecular formula is C16H13F3N4O. The minimum Gasteiger partial charge on any atom is -0.320 e. The predicted octanol–water partition coefficient (Wildman–Crippen LogP) is 3.62. The van der Waals surface area contributed by atoms with Gasteiger partial charge in [0.25, 0.3) is 5.91 Å². The zero-order valence-electron chi connectivity index (χ0n) is 12.8. The van der Waals surface area contributed by atoms with E-state index in [0.717, 1.165) is 17.5 Å². The van der Waals surface area contributed by atoms with Crippen LogP contribution < -0.4 is 5.32 Å². The van der Waals surface area contributed by atoms with Crippen molar-refractivity contribution >= 4 is 17.2 Å². The van der Waals surface area contributed by atoms with Gasteiger partial charge in [-0.2, -0.15) is 18.3 Å². The van der Waals surface area contributed by atoms with E-state index >= 15 is 0 Å². The number of benzene rings is 1. The van der Waals surface area contributed by atoms with Crippen LogP contribution in [0.4, 0.5) is 18.9 Å². The van der Waals surface area contributed by atoms with Crippen molar-refractivity contribution < 1.29 is 18.0 Å². The minimum atomic E-state index is -4.56. The number of alkyl halides is 3. The molecule has 1 amide bonds. The third-order valence-corrected chi connectivity index (χ3v) is 3.45. The van der Waals surface area contributed by atoms with Crippen molar-refractivity contribution in [2.24, 2.45) is 0 Å². The number of nitrogens with one attached hydrogen (secondary N) is 1. The maximum atomic E-state index is 13.0. The van der Waals surface area contributed by atoms with Gasteiger partial charge in [0.15, 0.2) is 11.3 Å². The molecule has 0 aliphatic carbocycles. The van der Waals surface area contributed by atoms with Crippen LogP contribution in [0.25, 0.3) is 5.65 Å². The van der Waals surface area contributed by atoms with Crippen molar-refractivity contribution in [1.29, 1.82) is 0 Å². The molecule has 24 heavy (non-hydrogen) atoms. The van der Waals surface area contributed by atoms with Gasteiger partial charge in [0.2, 0.25) is 0 Å². The number of nitrogens with zero attached hydrogens (tertiary/aromatic N) is 3. The lowest BCUT2D eigenvalue weighted by Crippen LogP contribution is -2.17. The molecule has 0 fully saturated rings. The second-order valence-corrected chi connectivity index (χ2v) is 5.34. The molecule has 1 N–H and O–H groups in total. The average Bonchev–Trinajstić information content (AvgIpc) is 2.91. The fourth-order valence-electron chi connectivity index (χ4n) is 2.42. The number of aryl methyl sites for hydroxylation is 2. The Bertz CT molecular complexity index is 931. The van der Waals surface area contributed by atoms with E-state index in [1.54, 1.807) is 19.9 Å². The average molecular weight is 334 g/mol. The van der Waals surface area contributed by atoms with Crippen LogP contribution in [-0.4, -0.2) is 20.5 Å². The van der Waals surface area contributed by atoms with Crippen LogP contribution in [0, 0.1) is 13.8 Å². The smallest absolute Gasteiger partial charge is 0.320 e. The van der Waals surface area contributed by atoms with E-state index in [9.17, 15) is 18.0 Å². The quantitative estimate of drug-likeness (QED) is 0.779. The van der Waals surface area contributed by atoms with Crippen molar-refractivity contribution in [3.8, 4) is 0 Å². The first kappa shape index (κ1) is 16.0. The second-order valence-electron chi connectivity index (χ2n) is 5.34. The number of hydrogen-bond donors (Lipinski definition) is 1. The van der Waals surface area contributed by atoms with Gasteiger partial charge in [-0.1, -0.05) is 12.1 Å². The number of amides is 1. The Kier molecular flexibility index (Phi) is 3.75. The summed E-state index contributed by atoms with van der Waals surface area (Å²) >= 11 is 0. The summed E-state index contributed by atoms with van der Waals surface area (Å²) in [4.78, 5) is 16.5. The highest BCUT2D eigenvalue weighted by molar-refractivity contribution is 6.04. The highest BCUT2D eigenvalue weighted by Gasteiger charge is 2.33. The molecule has 1 aromatic carbocycles. The number of carbonyl (C=O) groups is 1. The third-order valence-electron chi connectivity index (χ3n) is 3.45. The van der Waals surface area contributed by atoms with Gasteiger partial charge in [-0.15, -0.1) is 0 Å². The van der Waals surface area contributed by atoms with Gasteiger partial charge in [0, 0.05) is 17.5 Å². The summed E-state index contributed by atoms with van der Waals surface area (Å²) in [6, 6.07) is 8.02. The lowest BCUT2D eigenvalue weighted by molar-refractivity contribution is -0.136. The van der Waals surface area contributed by atoms with Gasteiger partial charge >= 0.3 is 6.18 Å². The molecule has 0 aliphatic heterocycles. The molecule has 8 heteroatoms. The van der Waals surface area contributed by atoms with Crippen LogP contribution >= 0.6 is 0 Å². The van der Waals surface area contributed by atoms with Gasteiger partial charge in [0.05, 0.1) is 11.3 Å². The zero-order chi connectivity index (χ0) is 17.5. The normalized spacial score (nSPS) is 11.7. The summed E-state index contributed by atoms with van der Waals surface area (Å²) in [5, 5.41) is 6.37. The van der Waals surface area contributed by atoms with Crippen molar-refractivity contribution in [2.45, 2.75) is 20.0 Å². The second kappa shape index (κ2) is 5.63. The van der Waals surface area contributed by atoms with Crippen molar-refractivity contribution in [1.82, 2.24) is 14.6 Å². The molecule has 0 atom stereocenters. The van der Waals surface area contributed by atoms with Crippen LogP contribution in [0.15, 0.2) is 36.4 Å². The molecule has 3 aromatic rings. The van der Waals surface area contributed by atoms with Gasteiger partial charge < -0.3 is 5.32 Å². The molecule has 3 rings (SSSR count). The number of fused-ring (bicyclic) bond motifs is 1. The van der Waals surface area contributed by atoms with Gasteiger partial charge in [-0.25, -0.2) is 9.50 Å². The van der Waals surface area contributed by atoms with Crippen LogP contribution in [0.1, 0.15) is 27.4 Å². The first-order valence-corrected chi connectivity index (χ1v) is 7.07. The third kappa shape index (κ3) is 2.94. The summed E-state index contributed by atoms with van der Waals surface area (Å²) in [7, 11) is 0. The number of para-hydroxylation sites is 1. The van der Waals surface area contributed by atoms with E-state index < -0.39 is 17.6 Å². The van der Waals surface area contributed by atoms with E-state index in [0.29, 0.717) is 5.65 Å². The van der Waals surface area contributed by atoms with E-state index in [-0.39, 0.29) is 11.4 Å². The summed E-state index contributed by atoms with van der Waals surface area (Å²) in [6.45, 7) is 3.61. The van der Waals surface area contributed by atoms with Crippen LogP contribution in [0.3, 0.4) is 0 Å². The van der Waals surface area contributed by atoms with Crippen molar-refractivity contribution in [2.75, 3.05) is 5.32 Å². The molecule has 2 aromatic heterocycles. The summed E-state index contributed by atoms with van der Waals surface area (Å²) in [5.74, 6) is -0.728. The molecule has 0 unspecified atom stereocenters. The number of carbonyl (C=O) groups excluding carboxylic acids is 1. The highest BCUT2D eigenvalue weighted by atomic mass is 19.4. The molecule has 0 bridgehead atoms. The zero-order valence-corrected chi connectivity index (χ0v) is 12.8. The Morgan fingerprint density at radius 1 is 1.17 bits per heavy atom. The first-order chi connectivity index (χ1) is 11.3.